The molecule has 2 N–H and O–H groups in total. The van der Waals surface area contributed by atoms with Gasteiger partial charge in [-0.25, -0.2) is 0 Å². The summed E-state index contributed by atoms with van der Waals surface area (Å²) in [6, 6.07) is 2.57. The van der Waals surface area contributed by atoms with Crippen molar-refractivity contribution in [3.63, 3.8) is 0 Å². The molecule has 1 saturated heterocycles. The van der Waals surface area contributed by atoms with Crippen LogP contribution in [0.2, 0.25) is 0 Å². The molecule has 4 unspecified atom stereocenters. The van der Waals surface area contributed by atoms with Crippen LogP contribution < -0.4 is 5.73 Å². The number of ether oxygens (including phenoxy) is 2. The average molecular weight is 298 g/mol. The second kappa shape index (κ2) is 7.00. The minimum atomic E-state index is 0.131. The van der Waals surface area contributed by atoms with Crippen molar-refractivity contribution >= 4 is 11.3 Å². The Kier molecular flexibility index (Phi) is 5.57. The number of nitrogens with two attached hydrogens (primary N) is 1. The first kappa shape index (κ1) is 15.9. The summed E-state index contributed by atoms with van der Waals surface area (Å²) in [5.41, 5.74) is 7.75. The van der Waals surface area contributed by atoms with Gasteiger partial charge in [-0.2, -0.15) is 0 Å². The molecule has 1 fully saturated rings. The van der Waals surface area contributed by atoms with Crippen LogP contribution in [0.4, 0.5) is 0 Å². The zero-order chi connectivity index (χ0) is 14.7. The quantitative estimate of drug-likeness (QED) is 0.874. The van der Waals surface area contributed by atoms with E-state index in [1.54, 1.807) is 25.6 Å². The monoisotopic (exact) mass is 298 g/mol. The smallest absolute Gasteiger partial charge is 0.0972 e. The van der Waals surface area contributed by atoms with Crippen LogP contribution in [-0.2, 0) is 9.47 Å². The first-order valence-corrected chi connectivity index (χ1v) is 8.09. The number of rotatable bonds is 6. The lowest BCUT2D eigenvalue weighted by Gasteiger charge is -2.32. The molecule has 5 heteroatoms. The normalized spacial score (nSPS) is 26.9. The topological polar surface area (TPSA) is 47.7 Å². The summed E-state index contributed by atoms with van der Waals surface area (Å²) in [5, 5.41) is 2.15. The SMILES string of the molecule is CCC(N)C(c1sccc1C)N1CC(OC)C(OC)C1. The highest BCUT2D eigenvalue weighted by atomic mass is 32.1. The van der Waals surface area contributed by atoms with E-state index in [1.165, 1.54) is 10.4 Å². The Labute approximate surface area is 125 Å². The highest BCUT2D eigenvalue weighted by Crippen LogP contribution is 2.35. The zero-order valence-electron chi connectivity index (χ0n) is 12.8. The van der Waals surface area contributed by atoms with E-state index >= 15 is 0 Å². The lowest BCUT2D eigenvalue weighted by molar-refractivity contribution is -0.00461. The fraction of sp³-hybridized carbons (Fsp3) is 0.733. The fourth-order valence-corrected chi connectivity index (χ4v) is 4.13. The summed E-state index contributed by atoms with van der Waals surface area (Å²) < 4.78 is 11.1. The van der Waals surface area contributed by atoms with Crippen molar-refractivity contribution in [3.8, 4) is 0 Å². The number of methoxy groups -OCH3 is 2. The van der Waals surface area contributed by atoms with Gasteiger partial charge >= 0.3 is 0 Å². The van der Waals surface area contributed by atoms with Gasteiger partial charge < -0.3 is 15.2 Å². The third kappa shape index (κ3) is 3.07. The second-order valence-corrected chi connectivity index (χ2v) is 6.43. The second-order valence-electron chi connectivity index (χ2n) is 5.49. The first-order valence-electron chi connectivity index (χ1n) is 7.21. The summed E-state index contributed by atoms with van der Waals surface area (Å²) in [4.78, 5) is 3.81. The lowest BCUT2D eigenvalue weighted by Crippen LogP contribution is -2.40. The van der Waals surface area contributed by atoms with Gasteiger partial charge in [-0.05, 0) is 30.4 Å². The average Bonchev–Trinajstić information content (AvgIpc) is 3.06. The molecule has 0 radical (unpaired) electrons. The lowest BCUT2D eigenvalue weighted by atomic mass is 10.0. The molecule has 0 saturated carbocycles. The molecular formula is C15H26N2O2S. The minimum Gasteiger partial charge on any atom is -0.377 e. The molecule has 0 amide bonds. The molecule has 20 heavy (non-hydrogen) atoms. The summed E-state index contributed by atoms with van der Waals surface area (Å²) >= 11 is 1.80. The van der Waals surface area contributed by atoms with Crippen molar-refractivity contribution < 1.29 is 9.47 Å². The number of thiophene rings is 1. The van der Waals surface area contributed by atoms with E-state index in [2.05, 4.69) is 30.2 Å². The predicted octanol–water partition coefficient (Wildman–Crippen LogP) is 2.18. The van der Waals surface area contributed by atoms with Crippen LogP contribution in [0.3, 0.4) is 0 Å². The number of nitrogens with zero attached hydrogens (tertiary/aromatic N) is 1. The highest BCUT2D eigenvalue weighted by molar-refractivity contribution is 7.10. The van der Waals surface area contributed by atoms with E-state index < -0.39 is 0 Å². The maximum Gasteiger partial charge on any atom is 0.0972 e. The van der Waals surface area contributed by atoms with Crippen molar-refractivity contribution in [1.29, 1.82) is 0 Å². The van der Waals surface area contributed by atoms with Crippen molar-refractivity contribution in [2.24, 2.45) is 5.73 Å². The number of likely N-dealkylation sites (tertiary alicyclic amines) is 1. The molecule has 1 aromatic heterocycles. The van der Waals surface area contributed by atoms with Crippen molar-refractivity contribution in [1.82, 2.24) is 4.90 Å². The van der Waals surface area contributed by atoms with Gasteiger partial charge in [0.2, 0.25) is 0 Å². The largest absolute Gasteiger partial charge is 0.377 e. The third-order valence-corrected chi connectivity index (χ3v) is 5.38. The van der Waals surface area contributed by atoms with Crippen LogP contribution in [0.15, 0.2) is 11.4 Å². The van der Waals surface area contributed by atoms with Crippen LogP contribution in [0, 0.1) is 6.92 Å². The van der Waals surface area contributed by atoms with E-state index in [9.17, 15) is 0 Å². The van der Waals surface area contributed by atoms with Crippen LogP contribution in [0.1, 0.15) is 29.8 Å². The molecule has 0 bridgehead atoms. The van der Waals surface area contributed by atoms with Crippen molar-refractivity contribution in [3.05, 3.63) is 21.9 Å². The number of hydrogen-bond acceptors (Lipinski definition) is 5. The Morgan fingerprint density at radius 3 is 2.35 bits per heavy atom. The zero-order valence-corrected chi connectivity index (χ0v) is 13.7. The van der Waals surface area contributed by atoms with Crippen LogP contribution in [0.25, 0.3) is 0 Å². The van der Waals surface area contributed by atoms with Gasteiger partial charge in [-0.1, -0.05) is 6.92 Å². The molecule has 0 spiro atoms. The molecule has 114 valence electrons. The molecular weight excluding hydrogens is 272 g/mol. The molecule has 1 aromatic rings. The van der Waals surface area contributed by atoms with Gasteiger partial charge in [0.25, 0.3) is 0 Å². The van der Waals surface area contributed by atoms with Crippen molar-refractivity contribution in [2.45, 2.75) is 44.6 Å². The summed E-state index contributed by atoms with van der Waals surface area (Å²) in [5.74, 6) is 0. The molecule has 2 rings (SSSR count). The van der Waals surface area contributed by atoms with Crippen molar-refractivity contribution in [2.75, 3.05) is 27.3 Å². The van der Waals surface area contributed by atoms with Gasteiger partial charge in [0.1, 0.15) is 0 Å². The molecule has 2 heterocycles. The molecule has 4 nitrogen and oxygen atoms in total. The van der Waals surface area contributed by atoms with E-state index in [0.29, 0.717) is 0 Å². The summed E-state index contributed by atoms with van der Waals surface area (Å²) in [6.45, 7) is 6.08. The van der Waals surface area contributed by atoms with Crippen LogP contribution in [-0.4, -0.2) is 50.5 Å². The van der Waals surface area contributed by atoms with Crippen LogP contribution in [0.5, 0.6) is 0 Å². The summed E-state index contributed by atoms with van der Waals surface area (Å²) in [7, 11) is 3.51. The Hall–Kier alpha value is -0.460. The molecule has 4 atom stereocenters. The third-order valence-electron chi connectivity index (χ3n) is 4.29. The Morgan fingerprint density at radius 2 is 1.95 bits per heavy atom. The molecule has 0 aromatic carbocycles. The van der Waals surface area contributed by atoms with Gasteiger partial charge in [0.15, 0.2) is 0 Å². The maximum atomic E-state index is 6.41. The van der Waals surface area contributed by atoms with E-state index in [-0.39, 0.29) is 24.3 Å². The van der Waals surface area contributed by atoms with Gasteiger partial charge in [0, 0.05) is 38.2 Å². The van der Waals surface area contributed by atoms with Crippen LogP contribution >= 0.6 is 11.3 Å². The van der Waals surface area contributed by atoms with Gasteiger partial charge in [-0.3, -0.25) is 4.90 Å². The Balaban J connectivity index is 2.23. The number of hydrogen-bond donors (Lipinski definition) is 1. The fourth-order valence-electron chi connectivity index (χ4n) is 2.99. The molecule has 1 aliphatic rings. The molecule has 1 aliphatic heterocycles. The van der Waals surface area contributed by atoms with Gasteiger partial charge in [-0.15, -0.1) is 11.3 Å². The van der Waals surface area contributed by atoms with E-state index in [0.717, 1.165) is 19.5 Å². The number of aryl methyl sites for hydroxylation is 1. The summed E-state index contributed by atoms with van der Waals surface area (Å²) in [6.07, 6.45) is 1.23. The van der Waals surface area contributed by atoms with E-state index in [1.807, 2.05) is 0 Å². The first-order chi connectivity index (χ1) is 9.62. The Bertz CT molecular complexity index is 412. The minimum absolute atomic E-state index is 0.131. The highest BCUT2D eigenvalue weighted by Gasteiger charge is 2.39. The molecule has 0 aliphatic carbocycles. The van der Waals surface area contributed by atoms with E-state index in [4.69, 9.17) is 15.2 Å². The van der Waals surface area contributed by atoms with Gasteiger partial charge in [0.05, 0.1) is 18.2 Å². The predicted molar refractivity (Wildman–Crippen MR) is 83.2 cm³/mol. The Morgan fingerprint density at radius 1 is 1.35 bits per heavy atom. The standard InChI is InChI=1S/C15H26N2O2S/c1-5-11(16)14(15-10(2)6-7-20-15)17-8-12(18-3)13(9-17)19-4/h6-7,11-14H,5,8-9,16H2,1-4H3. The maximum absolute atomic E-state index is 6.41.